The van der Waals surface area contributed by atoms with E-state index in [0.29, 0.717) is 4.57 Å². The van der Waals surface area contributed by atoms with Crippen LogP contribution in [0.3, 0.4) is 0 Å². The second-order valence-corrected chi connectivity index (χ2v) is 6.15. The topological polar surface area (TPSA) is 182 Å². The van der Waals surface area contributed by atoms with E-state index in [0.717, 1.165) is 33.0 Å². The van der Waals surface area contributed by atoms with Crippen LogP contribution in [0.25, 0.3) is 0 Å². The molecule has 0 amide bonds. The van der Waals surface area contributed by atoms with Crippen molar-refractivity contribution >= 4 is 23.2 Å². The Morgan fingerprint density at radius 2 is 1.77 bits per heavy atom. The summed E-state index contributed by atoms with van der Waals surface area (Å²) >= 11 is 0. The summed E-state index contributed by atoms with van der Waals surface area (Å²) in [6.07, 6.45) is -4.95. The number of carbonyl (C=O) groups is 3. The van der Waals surface area contributed by atoms with E-state index in [1.807, 2.05) is 0 Å². The van der Waals surface area contributed by atoms with Gasteiger partial charge in [-0.1, -0.05) is 0 Å². The zero-order chi connectivity index (χ0) is 20.0. The van der Waals surface area contributed by atoms with Crippen molar-refractivity contribution in [3.8, 4) is 0 Å². The first-order valence-electron chi connectivity index (χ1n) is 7.54. The Balaban J connectivity index is 2.77. The van der Waals surface area contributed by atoms with Gasteiger partial charge in [0.15, 0.2) is 29.2 Å². The number of nitrogens with two attached hydrogens (primary N) is 1. The average molecular weight is 369 g/mol. The van der Waals surface area contributed by atoms with Crippen molar-refractivity contribution < 1.29 is 34.4 Å². The highest BCUT2D eigenvalue weighted by Gasteiger charge is 2.73. The summed E-state index contributed by atoms with van der Waals surface area (Å²) in [5.41, 5.74) is -1.62. The van der Waals surface area contributed by atoms with Gasteiger partial charge in [0.1, 0.15) is 18.0 Å². The number of ketones is 3. The van der Waals surface area contributed by atoms with Crippen LogP contribution in [-0.2, 0) is 19.1 Å². The average Bonchev–Trinajstić information content (AvgIpc) is 2.78. The van der Waals surface area contributed by atoms with E-state index >= 15 is 0 Å². The van der Waals surface area contributed by atoms with Gasteiger partial charge in [0, 0.05) is 6.20 Å². The molecule has 0 bridgehead atoms. The molecule has 1 aromatic heterocycles. The number of anilines is 1. The van der Waals surface area contributed by atoms with Gasteiger partial charge in [-0.05, 0) is 26.8 Å². The Hall–Kier alpha value is -2.47. The predicted octanol–water partition coefficient (Wildman–Crippen LogP) is -2.69. The van der Waals surface area contributed by atoms with E-state index in [4.69, 9.17) is 10.5 Å². The van der Waals surface area contributed by atoms with Gasteiger partial charge in [-0.25, -0.2) is 4.79 Å². The van der Waals surface area contributed by atoms with Crippen LogP contribution in [0.2, 0.25) is 0 Å². The minimum atomic E-state index is -2.99. The molecular weight excluding hydrogens is 350 g/mol. The molecule has 11 heteroatoms. The number of Topliss-reactive ketones (excluding diaryl/α,β-unsaturated/α-hetero) is 3. The van der Waals surface area contributed by atoms with Gasteiger partial charge < -0.3 is 25.8 Å². The molecule has 1 unspecified atom stereocenters. The molecule has 1 saturated heterocycles. The number of nitrogen functional groups attached to an aromatic ring is 1. The fourth-order valence-corrected chi connectivity index (χ4v) is 3.04. The second-order valence-electron chi connectivity index (χ2n) is 6.15. The number of ether oxygens (including phenoxy) is 1. The molecule has 0 spiro atoms. The van der Waals surface area contributed by atoms with E-state index in [2.05, 4.69) is 4.98 Å². The summed E-state index contributed by atoms with van der Waals surface area (Å²) in [7, 11) is 0. The number of aliphatic hydroxyl groups is 3. The Morgan fingerprint density at radius 3 is 2.19 bits per heavy atom. The van der Waals surface area contributed by atoms with Crippen LogP contribution in [-0.4, -0.2) is 65.6 Å². The van der Waals surface area contributed by atoms with Crippen LogP contribution in [0.1, 0.15) is 27.0 Å². The number of aliphatic hydroxyl groups excluding tert-OH is 1. The molecule has 5 atom stereocenters. The van der Waals surface area contributed by atoms with E-state index in [9.17, 15) is 34.5 Å². The van der Waals surface area contributed by atoms with Crippen molar-refractivity contribution in [3.63, 3.8) is 0 Å². The quantitative estimate of drug-likeness (QED) is 0.426. The zero-order valence-corrected chi connectivity index (χ0v) is 14.2. The molecule has 142 valence electrons. The molecule has 0 aromatic carbocycles. The minimum Gasteiger partial charge on any atom is -0.383 e. The molecule has 5 N–H and O–H groups in total. The number of nitrogens with zero attached hydrogens (tertiary/aromatic N) is 2. The highest BCUT2D eigenvalue weighted by atomic mass is 16.6. The molecule has 1 fully saturated rings. The van der Waals surface area contributed by atoms with Gasteiger partial charge in [-0.2, -0.15) is 4.98 Å². The number of hydrogen-bond acceptors (Lipinski definition) is 10. The lowest BCUT2D eigenvalue weighted by molar-refractivity contribution is -0.184. The smallest absolute Gasteiger partial charge is 0.351 e. The monoisotopic (exact) mass is 369 g/mol. The van der Waals surface area contributed by atoms with E-state index in [1.165, 1.54) is 0 Å². The standard InChI is InChI=1S/C15H19N3O8/c1-6(19)10(22)11-14(24,7(2)20)15(25,8(3)21)12(26-11)18-5-4-9(16)17-13(18)23/h4-5,10-12,22,24-25H,1-3H3,(H2,16,17,23)/t10?,11-,12-,14-,15+/m1/s1. The van der Waals surface area contributed by atoms with Crippen LogP contribution in [0, 0.1) is 0 Å². The summed E-state index contributed by atoms with van der Waals surface area (Å²) in [6.45, 7) is 2.68. The summed E-state index contributed by atoms with van der Waals surface area (Å²) in [4.78, 5) is 51.5. The first-order chi connectivity index (χ1) is 11.9. The third kappa shape index (κ3) is 2.56. The SMILES string of the molecule is CC(=O)C(O)[C@H]1O[C@@H](n2ccc(N)nc2=O)[C@@](O)(C(C)=O)[C@@]1(O)C(C)=O. The lowest BCUT2D eigenvalue weighted by atomic mass is 9.73. The summed E-state index contributed by atoms with van der Waals surface area (Å²) < 4.78 is 5.95. The molecule has 2 rings (SSSR count). The molecule has 0 aliphatic carbocycles. The van der Waals surface area contributed by atoms with E-state index < -0.39 is 52.7 Å². The maximum Gasteiger partial charge on any atom is 0.351 e. The first kappa shape index (κ1) is 19.8. The summed E-state index contributed by atoms with van der Waals surface area (Å²) in [5, 5.41) is 31.9. The van der Waals surface area contributed by atoms with Crippen molar-refractivity contribution in [2.75, 3.05) is 5.73 Å². The third-order valence-corrected chi connectivity index (χ3v) is 4.51. The molecule has 2 heterocycles. The highest BCUT2D eigenvalue weighted by Crippen LogP contribution is 2.47. The lowest BCUT2D eigenvalue weighted by Crippen LogP contribution is -2.68. The van der Waals surface area contributed by atoms with Crippen LogP contribution in [0.4, 0.5) is 5.82 Å². The van der Waals surface area contributed by atoms with Gasteiger partial charge in [-0.3, -0.25) is 19.0 Å². The molecule has 26 heavy (non-hydrogen) atoms. The molecule has 0 radical (unpaired) electrons. The number of carbonyl (C=O) groups excluding carboxylic acids is 3. The molecule has 0 saturated carbocycles. The van der Waals surface area contributed by atoms with Gasteiger partial charge in [0.25, 0.3) is 0 Å². The lowest BCUT2D eigenvalue weighted by Gasteiger charge is -2.37. The Bertz CT molecular complexity index is 836. The summed E-state index contributed by atoms with van der Waals surface area (Å²) in [6, 6.07) is 1.16. The Kier molecular flexibility index (Phi) is 4.85. The zero-order valence-electron chi connectivity index (χ0n) is 14.2. The van der Waals surface area contributed by atoms with Gasteiger partial charge in [-0.15, -0.1) is 0 Å². The van der Waals surface area contributed by atoms with Crippen LogP contribution >= 0.6 is 0 Å². The second kappa shape index (κ2) is 6.36. The van der Waals surface area contributed by atoms with Crippen LogP contribution in [0.15, 0.2) is 17.1 Å². The first-order valence-corrected chi connectivity index (χ1v) is 7.54. The predicted molar refractivity (Wildman–Crippen MR) is 84.8 cm³/mol. The number of rotatable bonds is 5. The van der Waals surface area contributed by atoms with Crippen LogP contribution < -0.4 is 11.4 Å². The summed E-state index contributed by atoms with van der Waals surface area (Å²) in [5.74, 6) is -3.30. The van der Waals surface area contributed by atoms with Crippen LogP contribution in [0.5, 0.6) is 0 Å². The largest absolute Gasteiger partial charge is 0.383 e. The van der Waals surface area contributed by atoms with Gasteiger partial charge in [0.05, 0.1) is 0 Å². The van der Waals surface area contributed by atoms with E-state index in [1.54, 1.807) is 0 Å². The molecule has 1 aliphatic rings. The van der Waals surface area contributed by atoms with Crippen molar-refractivity contribution in [2.24, 2.45) is 0 Å². The molecule has 11 nitrogen and oxygen atoms in total. The van der Waals surface area contributed by atoms with Crippen molar-refractivity contribution in [1.29, 1.82) is 0 Å². The Labute approximate surface area is 147 Å². The fourth-order valence-electron chi connectivity index (χ4n) is 3.04. The molecule has 1 aliphatic heterocycles. The molecule has 1 aromatic rings. The van der Waals surface area contributed by atoms with Gasteiger partial charge >= 0.3 is 5.69 Å². The molecular formula is C15H19N3O8. The van der Waals surface area contributed by atoms with E-state index in [-0.39, 0.29) is 5.82 Å². The van der Waals surface area contributed by atoms with Crippen molar-refractivity contribution in [1.82, 2.24) is 9.55 Å². The number of aromatic nitrogens is 2. The normalized spacial score (nSPS) is 32.2. The van der Waals surface area contributed by atoms with Gasteiger partial charge in [0.2, 0.25) is 5.60 Å². The minimum absolute atomic E-state index is 0.155. The fraction of sp³-hybridized carbons (Fsp3) is 0.533. The maximum atomic E-state index is 12.2. The maximum absolute atomic E-state index is 12.2. The Morgan fingerprint density at radius 1 is 1.23 bits per heavy atom. The third-order valence-electron chi connectivity index (χ3n) is 4.51. The number of hydrogen-bond donors (Lipinski definition) is 4. The highest BCUT2D eigenvalue weighted by molar-refractivity contribution is 5.99. The van der Waals surface area contributed by atoms with Crippen molar-refractivity contribution in [2.45, 2.75) is 50.4 Å². The van der Waals surface area contributed by atoms with Crippen molar-refractivity contribution in [3.05, 3.63) is 22.7 Å².